The van der Waals surface area contributed by atoms with E-state index in [1.807, 2.05) is 6.19 Å². The van der Waals surface area contributed by atoms with E-state index in [2.05, 4.69) is 24.3 Å². The second-order valence-corrected chi connectivity index (χ2v) is 5.01. The Morgan fingerprint density at radius 3 is 2.62 bits per heavy atom. The molecule has 0 aromatic carbocycles. The average molecular weight is 222 g/mol. The first-order valence-electron chi connectivity index (χ1n) is 5.73. The number of carbonyl (C=O) groups excluding carboxylic acids is 1. The minimum absolute atomic E-state index is 0.231. The van der Waals surface area contributed by atoms with Crippen LogP contribution in [0.25, 0.3) is 0 Å². The van der Waals surface area contributed by atoms with Crippen molar-refractivity contribution in [2.24, 2.45) is 0 Å². The first kappa shape index (κ1) is 11.2. The number of nitriles is 1. The summed E-state index contributed by atoms with van der Waals surface area (Å²) in [6, 6.07) is 0.354. The van der Waals surface area contributed by atoms with Crippen LogP contribution in [0, 0.1) is 11.5 Å². The molecule has 1 aliphatic carbocycles. The average Bonchev–Trinajstić information content (AvgIpc) is 2.56. The van der Waals surface area contributed by atoms with Crippen LogP contribution in [0.3, 0.4) is 0 Å². The van der Waals surface area contributed by atoms with Crippen molar-refractivity contribution in [3.05, 3.63) is 0 Å². The van der Waals surface area contributed by atoms with Crippen molar-refractivity contribution in [3.8, 4) is 6.19 Å². The lowest BCUT2D eigenvalue weighted by molar-refractivity contribution is 0.116. The highest BCUT2D eigenvalue weighted by atomic mass is 16.2. The summed E-state index contributed by atoms with van der Waals surface area (Å²) < 4.78 is 0. The maximum absolute atomic E-state index is 11.5. The summed E-state index contributed by atoms with van der Waals surface area (Å²) >= 11 is 0. The van der Waals surface area contributed by atoms with E-state index >= 15 is 0 Å². The fourth-order valence-corrected chi connectivity index (χ4v) is 2.82. The Morgan fingerprint density at radius 1 is 1.50 bits per heavy atom. The van der Waals surface area contributed by atoms with E-state index in [4.69, 9.17) is 5.26 Å². The van der Waals surface area contributed by atoms with E-state index < -0.39 is 0 Å². The monoisotopic (exact) mass is 222 g/mol. The first-order chi connectivity index (χ1) is 7.59. The lowest BCUT2D eigenvalue weighted by atomic mass is 9.79. The Morgan fingerprint density at radius 2 is 2.12 bits per heavy atom. The number of hydrogen-bond acceptors (Lipinski definition) is 3. The van der Waals surface area contributed by atoms with Crippen LogP contribution >= 0.6 is 0 Å². The molecule has 1 saturated carbocycles. The summed E-state index contributed by atoms with van der Waals surface area (Å²) in [6.45, 7) is 0.625. The quantitative estimate of drug-likeness (QED) is 0.666. The van der Waals surface area contributed by atoms with Gasteiger partial charge in [0, 0.05) is 12.6 Å². The number of amides is 2. The molecule has 0 bridgehead atoms. The fraction of sp³-hybridized carbons (Fsp3) is 0.818. The van der Waals surface area contributed by atoms with Crippen molar-refractivity contribution in [3.63, 3.8) is 0 Å². The summed E-state index contributed by atoms with van der Waals surface area (Å²) in [5, 5.41) is 11.8. The number of nitrogens with one attached hydrogen (secondary N) is 1. The van der Waals surface area contributed by atoms with Gasteiger partial charge in [-0.1, -0.05) is 0 Å². The minimum atomic E-state index is -0.238. The molecule has 88 valence electrons. The molecular formula is C11H18N4O. The number of hydrogen-bond donors (Lipinski definition) is 1. The normalized spacial score (nSPS) is 34.2. The maximum Gasteiger partial charge on any atom is 0.331 e. The zero-order chi connectivity index (χ0) is 11.8. The number of urea groups is 1. The molecule has 2 amide bonds. The molecule has 0 radical (unpaired) electrons. The molecule has 16 heavy (non-hydrogen) atoms. The molecule has 5 heteroatoms. The molecule has 0 atom stereocenters. The molecule has 2 fully saturated rings. The lowest BCUT2D eigenvalue weighted by Gasteiger charge is -2.40. The van der Waals surface area contributed by atoms with E-state index in [9.17, 15) is 4.79 Å². The van der Waals surface area contributed by atoms with Gasteiger partial charge >= 0.3 is 6.03 Å². The zero-order valence-electron chi connectivity index (χ0n) is 9.86. The zero-order valence-corrected chi connectivity index (χ0v) is 9.86. The van der Waals surface area contributed by atoms with Gasteiger partial charge in [0.15, 0.2) is 6.19 Å². The summed E-state index contributed by atoms with van der Waals surface area (Å²) in [4.78, 5) is 15.1. The summed E-state index contributed by atoms with van der Waals surface area (Å²) in [7, 11) is 4.17. The molecule has 1 spiro atoms. The smallest absolute Gasteiger partial charge is 0.331 e. The second-order valence-electron chi connectivity index (χ2n) is 5.01. The van der Waals surface area contributed by atoms with Gasteiger partial charge in [-0.05, 0) is 39.8 Å². The van der Waals surface area contributed by atoms with Gasteiger partial charge in [-0.25, -0.2) is 9.69 Å². The van der Waals surface area contributed by atoms with Gasteiger partial charge in [0.1, 0.15) is 0 Å². The molecule has 1 saturated heterocycles. The van der Waals surface area contributed by atoms with E-state index in [-0.39, 0.29) is 11.6 Å². The van der Waals surface area contributed by atoms with Crippen LogP contribution in [-0.4, -0.2) is 48.1 Å². The van der Waals surface area contributed by atoms with E-state index in [0.717, 1.165) is 25.7 Å². The van der Waals surface area contributed by atoms with Gasteiger partial charge in [0.05, 0.1) is 5.54 Å². The lowest BCUT2D eigenvalue weighted by Crippen LogP contribution is -2.49. The van der Waals surface area contributed by atoms with E-state index in [0.29, 0.717) is 12.6 Å². The Hall–Kier alpha value is -1.28. The van der Waals surface area contributed by atoms with Gasteiger partial charge in [0.2, 0.25) is 0 Å². The number of nitrogens with zero attached hydrogens (tertiary/aromatic N) is 3. The van der Waals surface area contributed by atoms with Gasteiger partial charge in [-0.2, -0.15) is 5.26 Å². The highest BCUT2D eigenvalue weighted by Crippen LogP contribution is 2.36. The predicted octanol–water partition coefficient (Wildman–Crippen LogP) is 0.736. The van der Waals surface area contributed by atoms with Crippen LogP contribution in [0.5, 0.6) is 0 Å². The van der Waals surface area contributed by atoms with Gasteiger partial charge < -0.3 is 10.2 Å². The van der Waals surface area contributed by atoms with Crippen LogP contribution in [-0.2, 0) is 0 Å². The Labute approximate surface area is 96.0 Å². The van der Waals surface area contributed by atoms with Crippen molar-refractivity contribution < 1.29 is 4.79 Å². The largest absolute Gasteiger partial charge is 0.335 e. The summed E-state index contributed by atoms with van der Waals surface area (Å²) in [5.74, 6) is 0. The van der Waals surface area contributed by atoms with E-state index in [1.165, 1.54) is 4.90 Å². The van der Waals surface area contributed by atoms with Crippen LogP contribution in [0.2, 0.25) is 0 Å². The van der Waals surface area contributed by atoms with Crippen molar-refractivity contribution in [1.82, 2.24) is 15.1 Å². The minimum Gasteiger partial charge on any atom is -0.335 e. The predicted molar refractivity (Wildman–Crippen MR) is 59.5 cm³/mol. The Balaban J connectivity index is 2.07. The summed E-state index contributed by atoms with van der Waals surface area (Å²) in [5.41, 5.74) is -0.238. The van der Waals surface area contributed by atoms with Crippen molar-refractivity contribution >= 4 is 6.03 Å². The first-order valence-corrected chi connectivity index (χ1v) is 5.73. The second kappa shape index (κ2) is 3.95. The molecule has 1 N–H and O–H groups in total. The molecule has 2 rings (SSSR count). The number of carbonyl (C=O) groups is 1. The molecule has 1 heterocycles. The van der Waals surface area contributed by atoms with Crippen molar-refractivity contribution in [1.29, 1.82) is 5.26 Å². The third-order valence-electron chi connectivity index (χ3n) is 3.96. The van der Waals surface area contributed by atoms with E-state index in [1.54, 1.807) is 0 Å². The fourth-order valence-electron chi connectivity index (χ4n) is 2.82. The molecule has 0 unspecified atom stereocenters. The van der Waals surface area contributed by atoms with Crippen molar-refractivity contribution in [2.75, 3.05) is 20.6 Å². The Kier molecular flexibility index (Phi) is 2.76. The highest BCUT2D eigenvalue weighted by Gasteiger charge is 2.48. The molecule has 2 aliphatic rings. The van der Waals surface area contributed by atoms with Crippen LogP contribution in [0.1, 0.15) is 25.7 Å². The SMILES string of the molecule is CN(C)C1CCC2(CC1)CNC(=O)N2C#N. The topological polar surface area (TPSA) is 59.4 Å². The maximum atomic E-state index is 11.5. The van der Waals surface area contributed by atoms with Crippen molar-refractivity contribution in [2.45, 2.75) is 37.3 Å². The molecule has 5 nitrogen and oxygen atoms in total. The van der Waals surface area contributed by atoms with Gasteiger partial charge in [0.25, 0.3) is 0 Å². The third kappa shape index (κ3) is 1.63. The standard InChI is InChI=1S/C11H18N4O/c1-14(2)9-3-5-11(6-4-9)7-13-10(16)15(11)8-12/h9H,3-7H2,1-2H3,(H,13,16). The summed E-state index contributed by atoms with van der Waals surface area (Å²) in [6.07, 6.45) is 5.97. The van der Waals surface area contributed by atoms with Gasteiger partial charge in [-0.3, -0.25) is 0 Å². The third-order valence-corrected chi connectivity index (χ3v) is 3.96. The number of rotatable bonds is 1. The molecule has 0 aromatic heterocycles. The molecular weight excluding hydrogens is 204 g/mol. The molecule has 0 aromatic rings. The Bertz CT molecular complexity index is 325. The molecule has 1 aliphatic heterocycles. The van der Waals surface area contributed by atoms with Crippen LogP contribution < -0.4 is 5.32 Å². The van der Waals surface area contributed by atoms with Crippen LogP contribution in [0.4, 0.5) is 4.79 Å². The highest BCUT2D eigenvalue weighted by molar-refractivity contribution is 5.79. The van der Waals surface area contributed by atoms with Crippen LogP contribution in [0.15, 0.2) is 0 Å². The van der Waals surface area contributed by atoms with Gasteiger partial charge in [-0.15, -0.1) is 0 Å².